The van der Waals surface area contributed by atoms with Crippen molar-refractivity contribution in [2.45, 2.75) is 74.8 Å². The number of fused-ring (bicyclic) bond motifs is 3. The van der Waals surface area contributed by atoms with Crippen LogP contribution in [0, 0.1) is 17.8 Å². The number of carbonyl (C=O) groups excluding carboxylic acids is 1. The molecule has 25 heavy (non-hydrogen) atoms. The molecule has 0 aromatic carbocycles. The van der Waals surface area contributed by atoms with Gasteiger partial charge in [0.2, 0.25) is 0 Å². The quantitative estimate of drug-likeness (QED) is 0.642. The van der Waals surface area contributed by atoms with E-state index < -0.39 is 31.6 Å². The molecule has 0 amide bonds. The lowest BCUT2D eigenvalue weighted by atomic mass is 9.43. The van der Waals surface area contributed by atoms with Crippen LogP contribution in [0.5, 0.6) is 0 Å². The molecule has 7 heteroatoms. The molecule has 3 saturated carbocycles. The molecule has 5 aliphatic rings. The molecule has 2 saturated heterocycles. The molecule has 5 fully saturated rings. The zero-order chi connectivity index (χ0) is 18.0. The van der Waals surface area contributed by atoms with Gasteiger partial charge in [-0.25, -0.2) is 8.42 Å². The fourth-order valence-corrected chi connectivity index (χ4v) is 10.0. The van der Waals surface area contributed by atoms with Crippen LogP contribution < -0.4 is 0 Å². The molecular formula is C18H26O6S. The predicted octanol–water partition coefficient (Wildman–Crippen LogP) is 1.47. The molecule has 0 aromatic rings. The maximum Gasteiger partial charge on any atom is 0.164 e. The van der Waals surface area contributed by atoms with Gasteiger partial charge in [0.25, 0.3) is 0 Å². The van der Waals surface area contributed by atoms with Gasteiger partial charge in [-0.15, -0.1) is 0 Å². The van der Waals surface area contributed by atoms with E-state index >= 15 is 0 Å². The summed E-state index contributed by atoms with van der Waals surface area (Å²) in [6.45, 7) is 7.92. The highest BCUT2D eigenvalue weighted by Gasteiger charge is 2.89. The average molecular weight is 370 g/mol. The van der Waals surface area contributed by atoms with E-state index in [4.69, 9.17) is 14.2 Å². The van der Waals surface area contributed by atoms with Gasteiger partial charge < -0.3 is 14.2 Å². The van der Waals surface area contributed by atoms with Crippen LogP contribution in [-0.2, 0) is 28.8 Å². The van der Waals surface area contributed by atoms with Gasteiger partial charge in [-0.05, 0) is 39.5 Å². The molecule has 0 N–H and O–H groups in total. The van der Waals surface area contributed by atoms with Gasteiger partial charge in [0, 0.05) is 12.3 Å². The topological polar surface area (TPSA) is 78.9 Å². The van der Waals surface area contributed by atoms with Crippen LogP contribution in [0.25, 0.3) is 0 Å². The molecule has 0 unspecified atom stereocenters. The van der Waals surface area contributed by atoms with Crippen molar-refractivity contribution in [2.75, 3.05) is 12.4 Å². The number of hydrogen-bond donors (Lipinski definition) is 0. The summed E-state index contributed by atoms with van der Waals surface area (Å²) < 4.78 is 44.4. The third-order valence-corrected chi connectivity index (χ3v) is 10.2. The third-order valence-electron chi connectivity index (χ3n) is 7.61. The molecule has 0 bridgehead atoms. The van der Waals surface area contributed by atoms with Crippen molar-refractivity contribution in [1.82, 2.24) is 0 Å². The molecule has 7 atom stereocenters. The molecule has 5 rings (SSSR count). The standard InChI is InChI=1S/C18H26O6S/c1-10-9-18-13(16(4)14(10)23-15(2,3)24-16)12-11(19)5-6-17(12,18)22-7-8-25(18,20)21/h10,12-14H,5-9H2,1-4H3/t10-,12+,13+,14-,16+,17-,18+/m0/s1. The third kappa shape index (κ3) is 1.56. The molecule has 140 valence electrons. The number of hydrogen-bond acceptors (Lipinski definition) is 6. The first-order valence-corrected chi connectivity index (χ1v) is 10.9. The van der Waals surface area contributed by atoms with Crippen molar-refractivity contribution in [3.8, 4) is 0 Å². The summed E-state index contributed by atoms with van der Waals surface area (Å²) in [6.07, 6.45) is 1.20. The van der Waals surface area contributed by atoms with Crippen molar-refractivity contribution in [3.63, 3.8) is 0 Å². The number of ether oxygens (including phenoxy) is 3. The lowest BCUT2D eigenvalue weighted by Gasteiger charge is -2.72. The van der Waals surface area contributed by atoms with Crippen LogP contribution >= 0.6 is 0 Å². The van der Waals surface area contributed by atoms with Crippen molar-refractivity contribution in [2.24, 2.45) is 17.8 Å². The Bertz CT molecular complexity index is 774. The highest BCUT2D eigenvalue weighted by Crippen LogP contribution is 2.75. The van der Waals surface area contributed by atoms with Crippen LogP contribution in [0.1, 0.15) is 47.0 Å². The molecule has 2 heterocycles. The highest BCUT2D eigenvalue weighted by molar-refractivity contribution is 7.93. The van der Waals surface area contributed by atoms with Crippen LogP contribution in [0.4, 0.5) is 0 Å². The van der Waals surface area contributed by atoms with Crippen molar-refractivity contribution >= 4 is 15.6 Å². The molecule has 3 aliphatic carbocycles. The minimum atomic E-state index is -3.39. The monoisotopic (exact) mass is 370 g/mol. The van der Waals surface area contributed by atoms with Crippen LogP contribution in [0.2, 0.25) is 0 Å². The van der Waals surface area contributed by atoms with Gasteiger partial charge in [0.1, 0.15) is 16.1 Å². The van der Waals surface area contributed by atoms with E-state index in [1.807, 2.05) is 27.7 Å². The summed E-state index contributed by atoms with van der Waals surface area (Å²) in [5.41, 5.74) is -1.63. The van der Waals surface area contributed by atoms with Crippen LogP contribution in [-0.4, -0.2) is 54.4 Å². The predicted molar refractivity (Wildman–Crippen MR) is 88.6 cm³/mol. The van der Waals surface area contributed by atoms with Gasteiger partial charge in [0.15, 0.2) is 15.6 Å². The lowest BCUT2D eigenvalue weighted by Crippen LogP contribution is -2.87. The Morgan fingerprint density at radius 2 is 1.92 bits per heavy atom. The molecule has 2 spiro atoms. The Balaban J connectivity index is 1.75. The molecule has 0 aromatic heterocycles. The van der Waals surface area contributed by atoms with Gasteiger partial charge in [-0.2, -0.15) is 0 Å². The summed E-state index contributed by atoms with van der Waals surface area (Å²) in [7, 11) is -3.39. The Morgan fingerprint density at radius 3 is 2.64 bits per heavy atom. The Labute approximate surface area is 148 Å². The Hall–Kier alpha value is -0.500. The van der Waals surface area contributed by atoms with Crippen molar-refractivity contribution < 1.29 is 27.4 Å². The summed E-state index contributed by atoms with van der Waals surface area (Å²) in [6, 6.07) is 0. The SMILES string of the molecule is C[C@H]1C[C@@]23[C@H]([C@H]4C(=O)CC[C@]42OCCS3(=O)=O)[C@@]2(C)OC(C)(C)O[C@@H]12. The van der Waals surface area contributed by atoms with Gasteiger partial charge in [-0.1, -0.05) is 6.92 Å². The smallest absolute Gasteiger partial charge is 0.164 e. The highest BCUT2D eigenvalue weighted by atomic mass is 32.2. The first kappa shape index (κ1) is 16.7. The zero-order valence-electron chi connectivity index (χ0n) is 15.2. The van der Waals surface area contributed by atoms with Crippen molar-refractivity contribution in [1.29, 1.82) is 0 Å². The fraction of sp³-hybridized carbons (Fsp3) is 0.944. The average Bonchev–Trinajstić information content (AvgIpc) is 2.87. The fourth-order valence-electron chi connectivity index (χ4n) is 7.26. The number of Topliss-reactive ketones (excluding diaryl/α,β-unsaturated/α-hetero) is 1. The zero-order valence-corrected chi connectivity index (χ0v) is 16.0. The number of rotatable bonds is 0. The van der Waals surface area contributed by atoms with Gasteiger partial charge in [0.05, 0.1) is 30.0 Å². The summed E-state index contributed by atoms with van der Waals surface area (Å²) in [5.74, 6) is -1.38. The van der Waals surface area contributed by atoms with Gasteiger partial charge in [-0.3, -0.25) is 4.79 Å². The summed E-state index contributed by atoms with van der Waals surface area (Å²) >= 11 is 0. The number of ketones is 1. The van der Waals surface area contributed by atoms with Crippen LogP contribution in [0.15, 0.2) is 0 Å². The van der Waals surface area contributed by atoms with E-state index in [9.17, 15) is 13.2 Å². The second kappa shape index (κ2) is 4.32. The summed E-state index contributed by atoms with van der Waals surface area (Å²) in [5, 5.41) is 0. The second-order valence-corrected chi connectivity index (χ2v) is 11.6. The largest absolute Gasteiger partial charge is 0.371 e. The molecule has 2 aliphatic heterocycles. The maximum atomic E-state index is 13.4. The number of carbonyl (C=O) groups is 1. The van der Waals surface area contributed by atoms with Crippen LogP contribution in [0.3, 0.4) is 0 Å². The Kier molecular flexibility index (Phi) is 2.88. The van der Waals surface area contributed by atoms with Crippen molar-refractivity contribution in [3.05, 3.63) is 0 Å². The maximum absolute atomic E-state index is 13.4. The van der Waals surface area contributed by atoms with E-state index in [1.165, 1.54) is 0 Å². The normalized spacial score (nSPS) is 57.8. The van der Waals surface area contributed by atoms with E-state index in [2.05, 4.69) is 0 Å². The van der Waals surface area contributed by atoms with E-state index in [-0.39, 0.29) is 42.0 Å². The molecule has 6 nitrogen and oxygen atoms in total. The minimum Gasteiger partial charge on any atom is -0.371 e. The van der Waals surface area contributed by atoms with E-state index in [0.717, 1.165) is 0 Å². The van der Waals surface area contributed by atoms with Gasteiger partial charge >= 0.3 is 0 Å². The summed E-state index contributed by atoms with van der Waals surface area (Å²) in [4.78, 5) is 12.8. The first-order chi connectivity index (χ1) is 11.5. The number of sulfone groups is 1. The second-order valence-electron chi connectivity index (χ2n) is 9.27. The minimum absolute atomic E-state index is 0.0213. The molecule has 0 radical (unpaired) electrons. The van der Waals surface area contributed by atoms with E-state index in [1.54, 1.807) is 0 Å². The van der Waals surface area contributed by atoms with E-state index in [0.29, 0.717) is 19.3 Å². The lowest BCUT2D eigenvalue weighted by molar-refractivity contribution is -0.273. The first-order valence-electron chi connectivity index (χ1n) is 9.28. The molecular weight excluding hydrogens is 344 g/mol. The Morgan fingerprint density at radius 1 is 1.20 bits per heavy atom.